The number of anilines is 1. The van der Waals surface area contributed by atoms with E-state index in [-0.39, 0.29) is 0 Å². The van der Waals surface area contributed by atoms with Gasteiger partial charge >= 0.3 is 0 Å². The number of halogens is 2. The third-order valence-corrected chi connectivity index (χ3v) is 7.14. The molecule has 2 nitrogen and oxygen atoms in total. The van der Waals surface area contributed by atoms with Crippen molar-refractivity contribution in [1.82, 2.24) is 4.90 Å². The summed E-state index contributed by atoms with van der Waals surface area (Å²) in [5.74, 6) is 2.80. The summed E-state index contributed by atoms with van der Waals surface area (Å²) in [6.07, 6.45) is 7.16. The van der Waals surface area contributed by atoms with Gasteiger partial charge < -0.3 is 4.90 Å². The normalized spacial score (nSPS) is 25.6. The van der Waals surface area contributed by atoms with Gasteiger partial charge in [0.2, 0.25) is 0 Å². The third-order valence-electron chi connectivity index (χ3n) is 6.33. The Morgan fingerprint density at radius 2 is 1.68 bits per heavy atom. The summed E-state index contributed by atoms with van der Waals surface area (Å²) in [5, 5.41) is 1.35. The highest BCUT2D eigenvalue weighted by Gasteiger charge is 2.24. The molecule has 0 amide bonds. The minimum absolute atomic E-state index is 0.651. The van der Waals surface area contributed by atoms with Crippen LogP contribution in [0.25, 0.3) is 0 Å². The van der Waals surface area contributed by atoms with Crippen molar-refractivity contribution in [3.8, 4) is 0 Å². The quantitative estimate of drug-likeness (QED) is 0.618. The molecular formula is C21H32Cl2N2. The molecule has 1 saturated carbocycles. The number of benzene rings is 1. The Labute approximate surface area is 163 Å². The zero-order chi connectivity index (χ0) is 17.8. The Hall–Kier alpha value is -0.440. The SMILES string of the molecule is CC(C)C1CCC(CCN2CCN(c3cccc(Cl)c3Cl)CC2)CC1. The molecule has 4 heteroatoms. The van der Waals surface area contributed by atoms with Crippen LogP contribution in [0.4, 0.5) is 5.69 Å². The zero-order valence-electron chi connectivity index (χ0n) is 15.7. The molecule has 0 N–H and O–H groups in total. The summed E-state index contributed by atoms with van der Waals surface area (Å²) in [4.78, 5) is 5.00. The molecule has 0 aromatic heterocycles. The number of hydrogen-bond donors (Lipinski definition) is 0. The fourth-order valence-corrected chi connectivity index (χ4v) is 4.87. The molecule has 2 fully saturated rings. The maximum absolute atomic E-state index is 6.37. The van der Waals surface area contributed by atoms with Crippen molar-refractivity contribution in [2.75, 3.05) is 37.6 Å². The lowest BCUT2D eigenvalue weighted by Crippen LogP contribution is -2.47. The van der Waals surface area contributed by atoms with E-state index in [1.54, 1.807) is 0 Å². The van der Waals surface area contributed by atoms with E-state index in [0.717, 1.165) is 49.6 Å². The molecule has 0 atom stereocenters. The van der Waals surface area contributed by atoms with Crippen LogP contribution in [-0.4, -0.2) is 37.6 Å². The van der Waals surface area contributed by atoms with Gasteiger partial charge in [0, 0.05) is 26.2 Å². The average Bonchev–Trinajstić information content (AvgIpc) is 2.63. The van der Waals surface area contributed by atoms with E-state index >= 15 is 0 Å². The lowest BCUT2D eigenvalue weighted by molar-refractivity contribution is 0.185. The van der Waals surface area contributed by atoms with Gasteiger partial charge in [-0.15, -0.1) is 0 Å². The van der Waals surface area contributed by atoms with Crippen molar-refractivity contribution in [1.29, 1.82) is 0 Å². The van der Waals surface area contributed by atoms with E-state index in [4.69, 9.17) is 23.2 Å². The zero-order valence-corrected chi connectivity index (χ0v) is 17.2. The second-order valence-corrected chi connectivity index (χ2v) is 9.00. The van der Waals surface area contributed by atoms with E-state index in [1.807, 2.05) is 12.1 Å². The molecule has 1 aliphatic heterocycles. The Bertz CT molecular complexity index is 545. The van der Waals surface area contributed by atoms with Crippen LogP contribution in [-0.2, 0) is 0 Å². The van der Waals surface area contributed by atoms with Crippen LogP contribution < -0.4 is 4.90 Å². The van der Waals surface area contributed by atoms with E-state index < -0.39 is 0 Å². The molecule has 1 heterocycles. The molecule has 1 aromatic rings. The molecule has 1 saturated heterocycles. The lowest BCUT2D eigenvalue weighted by atomic mass is 9.76. The highest BCUT2D eigenvalue weighted by Crippen LogP contribution is 2.35. The van der Waals surface area contributed by atoms with Crippen LogP contribution in [0.3, 0.4) is 0 Å². The Morgan fingerprint density at radius 1 is 1.00 bits per heavy atom. The van der Waals surface area contributed by atoms with Crippen molar-refractivity contribution in [2.45, 2.75) is 46.0 Å². The van der Waals surface area contributed by atoms with Gasteiger partial charge in [-0.2, -0.15) is 0 Å². The van der Waals surface area contributed by atoms with Gasteiger partial charge in [0.1, 0.15) is 0 Å². The van der Waals surface area contributed by atoms with Crippen LogP contribution in [0.1, 0.15) is 46.0 Å². The highest BCUT2D eigenvalue weighted by molar-refractivity contribution is 6.43. The van der Waals surface area contributed by atoms with E-state index in [9.17, 15) is 0 Å². The maximum atomic E-state index is 6.37. The third kappa shape index (κ3) is 5.05. The van der Waals surface area contributed by atoms with Crippen LogP contribution >= 0.6 is 23.2 Å². The molecule has 2 aliphatic rings. The standard InChI is InChI=1S/C21H32Cl2N2/c1-16(2)18-8-6-17(7-9-18)10-11-24-12-14-25(15-13-24)20-5-3-4-19(22)21(20)23/h3-5,16-18H,6-15H2,1-2H3. The number of nitrogens with zero attached hydrogens (tertiary/aromatic N) is 2. The summed E-state index contributed by atoms with van der Waals surface area (Å²) < 4.78 is 0. The van der Waals surface area contributed by atoms with Crippen LogP contribution in [0.5, 0.6) is 0 Å². The van der Waals surface area contributed by atoms with Crippen molar-refractivity contribution in [3.63, 3.8) is 0 Å². The van der Waals surface area contributed by atoms with E-state index in [0.29, 0.717) is 10.0 Å². The second kappa shape index (κ2) is 8.97. The first-order valence-corrected chi connectivity index (χ1v) is 10.7. The molecule has 0 unspecified atom stereocenters. The van der Waals surface area contributed by atoms with Gasteiger partial charge in [-0.25, -0.2) is 0 Å². The van der Waals surface area contributed by atoms with Gasteiger partial charge in [-0.3, -0.25) is 4.90 Å². The maximum Gasteiger partial charge on any atom is 0.0825 e. The number of rotatable bonds is 5. The predicted molar refractivity (Wildman–Crippen MR) is 110 cm³/mol. The molecular weight excluding hydrogens is 351 g/mol. The summed E-state index contributed by atoms with van der Waals surface area (Å²) in [6, 6.07) is 5.93. The van der Waals surface area contributed by atoms with Crippen molar-refractivity contribution in [3.05, 3.63) is 28.2 Å². The first-order valence-electron chi connectivity index (χ1n) is 9.96. The molecule has 1 aromatic carbocycles. The molecule has 1 aliphatic carbocycles. The number of piperazine rings is 1. The molecule has 25 heavy (non-hydrogen) atoms. The smallest absolute Gasteiger partial charge is 0.0825 e. The van der Waals surface area contributed by atoms with Gasteiger partial charge in [0.15, 0.2) is 0 Å². The summed E-state index contributed by atoms with van der Waals surface area (Å²) >= 11 is 12.5. The molecule has 3 rings (SSSR count). The molecule has 0 radical (unpaired) electrons. The molecule has 0 spiro atoms. The Morgan fingerprint density at radius 3 is 2.32 bits per heavy atom. The van der Waals surface area contributed by atoms with E-state index in [2.05, 4.69) is 29.7 Å². The largest absolute Gasteiger partial charge is 0.368 e. The molecule has 0 bridgehead atoms. The van der Waals surface area contributed by atoms with Crippen LogP contribution in [0, 0.1) is 17.8 Å². The second-order valence-electron chi connectivity index (χ2n) is 8.22. The Kier molecular flexibility index (Phi) is 6.93. The minimum atomic E-state index is 0.651. The predicted octanol–water partition coefficient (Wildman–Crippen LogP) is 5.97. The van der Waals surface area contributed by atoms with Crippen molar-refractivity contribution < 1.29 is 0 Å². The van der Waals surface area contributed by atoms with Gasteiger partial charge in [-0.05, 0) is 55.7 Å². The summed E-state index contributed by atoms with van der Waals surface area (Å²) in [6.45, 7) is 10.4. The Balaban J connectivity index is 1.41. The van der Waals surface area contributed by atoms with Crippen molar-refractivity contribution >= 4 is 28.9 Å². The van der Waals surface area contributed by atoms with Gasteiger partial charge in [-0.1, -0.05) is 56.0 Å². The first kappa shape index (κ1) is 19.3. The monoisotopic (exact) mass is 382 g/mol. The molecule has 140 valence electrons. The summed E-state index contributed by atoms with van der Waals surface area (Å²) in [5.41, 5.74) is 1.08. The van der Waals surface area contributed by atoms with Gasteiger partial charge in [0.25, 0.3) is 0 Å². The highest BCUT2D eigenvalue weighted by atomic mass is 35.5. The average molecular weight is 383 g/mol. The number of hydrogen-bond acceptors (Lipinski definition) is 2. The van der Waals surface area contributed by atoms with Crippen LogP contribution in [0.2, 0.25) is 10.0 Å². The summed E-state index contributed by atoms with van der Waals surface area (Å²) in [7, 11) is 0. The van der Waals surface area contributed by atoms with Gasteiger partial charge in [0.05, 0.1) is 15.7 Å². The first-order chi connectivity index (χ1) is 12.0. The lowest BCUT2D eigenvalue weighted by Gasteiger charge is -2.38. The topological polar surface area (TPSA) is 6.48 Å². The minimum Gasteiger partial charge on any atom is -0.368 e. The van der Waals surface area contributed by atoms with Crippen LogP contribution in [0.15, 0.2) is 18.2 Å². The fourth-order valence-electron chi connectivity index (χ4n) is 4.46. The van der Waals surface area contributed by atoms with E-state index in [1.165, 1.54) is 38.6 Å². The van der Waals surface area contributed by atoms with Crippen molar-refractivity contribution in [2.24, 2.45) is 17.8 Å². The fraction of sp³-hybridized carbons (Fsp3) is 0.714.